The first-order valence-electron chi connectivity index (χ1n) is 6.25. The Kier molecular flexibility index (Phi) is 4.45. The first-order chi connectivity index (χ1) is 9.61. The van der Waals surface area contributed by atoms with Crippen LogP contribution in [0, 0.1) is 11.6 Å². The zero-order chi connectivity index (χ0) is 14.5. The number of pyridine rings is 2. The molecule has 6 heteroatoms. The Hall–Kier alpha value is -2.24. The predicted octanol–water partition coefficient (Wildman–Crippen LogP) is 2.48. The second-order valence-corrected chi connectivity index (χ2v) is 4.40. The molecule has 0 aliphatic heterocycles. The first kappa shape index (κ1) is 14.2. The van der Waals surface area contributed by atoms with E-state index in [1.54, 1.807) is 31.4 Å². The molecule has 4 nitrogen and oxygen atoms in total. The van der Waals surface area contributed by atoms with Crippen LogP contribution in [0.3, 0.4) is 0 Å². The van der Waals surface area contributed by atoms with Crippen LogP contribution in [0.1, 0.15) is 5.56 Å². The van der Waals surface area contributed by atoms with Crippen molar-refractivity contribution in [2.75, 3.05) is 30.9 Å². The van der Waals surface area contributed by atoms with Gasteiger partial charge in [-0.25, -0.2) is 13.8 Å². The summed E-state index contributed by atoms with van der Waals surface area (Å²) in [5, 5.41) is 2.60. The Morgan fingerprint density at radius 1 is 1.20 bits per heavy atom. The summed E-state index contributed by atoms with van der Waals surface area (Å²) >= 11 is 0. The maximum absolute atomic E-state index is 13.8. The Bertz CT molecular complexity index is 575. The Morgan fingerprint density at radius 2 is 1.90 bits per heavy atom. The zero-order valence-electron chi connectivity index (χ0n) is 11.4. The van der Waals surface area contributed by atoms with Crippen molar-refractivity contribution < 1.29 is 8.78 Å². The second kappa shape index (κ2) is 6.27. The van der Waals surface area contributed by atoms with Crippen molar-refractivity contribution in [3.63, 3.8) is 0 Å². The molecule has 0 saturated heterocycles. The minimum atomic E-state index is -0.698. The van der Waals surface area contributed by atoms with E-state index in [0.29, 0.717) is 6.54 Å². The van der Waals surface area contributed by atoms with Crippen molar-refractivity contribution in [2.45, 2.75) is 6.42 Å². The maximum Gasteiger partial charge on any atom is 0.168 e. The van der Waals surface area contributed by atoms with Crippen molar-refractivity contribution in [1.29, 1.82) is 0 Å². The predicted molar refractivity (Wildman–Crippen MR) is 74.9 cm³/mol. The van der Waals surface area contributed by atoms with Gasteiger partial charge < -0.3 is 10.2 Å². The Balaban J connectivity index is 2.11. The Morgan fingerprint density at radius 3 is 2.55 bits per heavy atom. The van der Waals surface area contributed by atoms with Gasteiger partial charge >= 0.3 is 0 Å². The SMILES string of the molecule is CNc1nc(N(C)CCc2ccncc2)c(F)cc1F. The molecule has 2 aromatic rings. The van der Waals surface area contributed by atoms with E-state index < -0.39 is 11.6 Å². The van der Waals surface area contributed by atoms with E-state index in [4.69, 9.17) is 0 Å². The molecule has 0 radical (unpaired) electrons. The molecule has 2 rings (SSSR count). The van der Waals surface area contributed by atoms with E-state index in [1.807, 2.05) is 12.1 Å². The summed E-state index contributed by atoms with van der Waals surface area (Å²) in [5.74, 6) is -1.20. The first-order valence-corrected chi connectivity index (χ1v) is 6.25. The van der Waals surface area contributed by atoms with Crippen LogP contribution >= 0.6 is 0 Å². The van der Waals surface area contributed by atoms with Crippen molar-refractivity contribution in [3.05, 3.63) is 47.8 Å². The smallest absolute Gasteiger partial charge is 0.168 e. The van der Waals surface area contributed by atoms with Gasteiger partial charge in [0.25, 0.3) is 0 Å². The van der Waals surface area contributed by atoms with E-state index in [1.165, 1.54) is 0 Å². The molecule has 2 heterocycles. The number of rotatable bonds is 5. The fourth-order valence-electron chi connectivity index (χ4n) is 1.85. The molecule has 20 heavy (non-hydrogen) atoms. The highest BCUT2D eigenvalue weighted by molar-refractivity contribution is 5.48. The molecule has 0 saturated carbocycles. The third-order valence-corrected chi connectivity index (χ3v) is 2.99. The fraction of sp³-hybridized carbons (Fsp3) is 0.286. The highest BCUT2D eigenvalue weighted by Gasteiger charge is 2.14. The molecule has 106 valence electrons. The molecule has 0 amide bonds. The summed E-state index contributed by atoms with van der Waals surface area (Å²) in [6.45, 7) is 0.572. The summed E-state index contributed by atoms with van der Waals surface area (Å²) in [6.07, 6.45) is 4.16. The van der Waals surface area contributed by atoms with Crippen LogP contribution in [0.4, 0.5) is 20.4 Å². The monoisotopic (exact) mass is 278 g/mol. The third-order valence-electron chi connectivity index (χ3n) is 2.99. The van der Waals surface area contributed by atoms with E-state index in [9.17, 15) is 8.78 Å². The lowest BCUT2D eigenvalue weighted by atomic mass is 10.2. The van der Waals surface area contributed by atoms with Crippen LogP contribution in [0.2, 0.25) is 0 Å². The molecular formula is C14H16F2N4. The van der Waals surface area contributed by atoms with Gasteiger partial charge in [0.15, 0.2) is 23.3 Å². The highest BCUT2D eigenvalue weighted by atomic mass is 19.1. The summed E-state index contributed by atoms with van der Waals surface area (Å²) in [5.41, 5.74) is 1.10. The minimum Gasteiger partial charge on any atom is -0.371 e. The lowest BCUT2D eigenvalue weighted by molar-refractivity contribution is 0.573. The van der Waals surface area contributed by atoms with Gasteiger partial charge in [-0.1, -0.05) is 0 Å². The van der Waals surface area contributed by atoms with Crippen LogP contribution in [0.15, 0.2) is 30.6 Å². The van der Waals surface area contributed by atoms with Gasteiger partial charge in [0.05, 0.1) is 0 Å². The summed E-state index contributed by atoms with van der Waals surface area (Å²) in [4.78, 5) is 9.56. The molecule has 0 aromatic carbocycles. The third kappa shape index (κ3) is 3.20. The van der Waals surface area contributed by atoms with Gasteiger partial charge in [-0.15, -0.1) is 0 Å². The maximum atomic E-state index is 13.8. The van der Waals surface area contributed by atoms with Crippen molar-refractivity contribution in [3.8, 4) is 0 Å². The average Bonchev–Trinajstić information content (AvgIpc) is 2.46. The van der Waals surface area contributed by atoms with Crippen molar-refractivity contribution in [1.82, 2.24) is 9.97 Å². The van der Waals surface area contributed by atoms with Gasteiger partial charge in [-0.2, -0.15) is 0 Å². The van der Waals surface area contributed by atoms with E-state index in [0.717, 1.165) is 18.1 Å². The normalized spacial score (nSPS) is 10.4. The van der Waals surface area contributed by atoms with E-state index in [-0.39, 0.29) is 11.6 Å². The summed E-state index contributed by atoms with van der Waals surface area (Å²) in [6, 6.07) is 4.65. The van der Waals surface area contributed by atoms with E-state index >= 15 is 0 Å². The summed E-state index contributed by atoms with van der Waals surface area (Å²) < 4.78 is 27.1. The van der Waals surface area contributed by atoms with Gasteiger partial charge in [0.2, 0.25) is 0 Å². The van der Waals surface area contributed by atoms with Crippen LogP contribution in [0.25, 0.3) is 0 Å². The standard InChI is InChI=1S/C14H16F2N4/c1-17-13-11(15)9-12(16)14(19-13)20(2)8-5-10-3-6-18-7-4-10/h3-4,6-7,9H,5,8H2,1-2H3,(H,17,19). The summed E-state index contributed by atoms with van der Waals surface area (Å²) in [7, 11) is 3.27. The zero-order valence-corrected chi connectivity index (χ0v) is 11.4. The number of hydrogen-bond acceptors (Lipinski definition) is 4. The molecular weight excluding hydrogens is 262 g/mol. The number of hydrogen-bond donors (Lipinski definition) is 1. The average molecular weight is 278 g/mol. The van der Waals surface area contributed by atoms with E-state index in [2.05, 4.69) is 15.3 Å². The van der Waals surface area contributed by atoms with Crippen LogP contribution in [0.5, 0.6) is 0 Å². The van der Waals surface area contributed by atoms with Gasteiger partial charge in [-0.3, -0.25) is 4.98 Å². The lowest BCUT2D eigenvalue weighted by Crippen LogP contribution is -2.23. The second-order valence-electron chi connectivity index (χ2n) is 4.40. The molecule has 0 atom stereocenters. The van der Waals surface area contributed by atoms with Crippen LogP contribution < -0.4 is 10.2 Å². The van der Waals surface area contributed by atoms with Gasteiger partial charge in [0, 0.05) is 39.1 Å². The fourth-order valence-corrected chi connectivity index (χ4v) is 1.85. The van der Waals surface area contributed by atoms with Crippen LogP contribution in [-0.2, 0) is 6.42 Å². The van der Waals surface area contributed by atoms with Crippen molar-refractivity contribution in [2.24, 2.45) is 0 Å². The number of nitrogens with zero attached hydrogens (tertiary/aromatic N) is 3. The lowest BCUT2D eigenvalue weighted by Gasteiger charge is -2.19. The Labute approximate surface area is 116 Å². The molecule has 1 N–H and O–H groups in total. The molecule has 0 spiro atoms. The highest BCUT2D eigenvalue weighted by Crippen LogP contribution is 2.21. The number of likely N-dealkylation sites (N-methyl/N-ethyl adjacent to an activating group) is 1. The van der Waals surface area contributed by atoms with Gasteiger partial charge in [0.1, 0.15) is 0 Å². The minimum absolute atomic E-state index is 0.0390. The number of halogens is 2. The largest absolute Gasteiger partial charge is 0.371 e. The molecule has 0 bridgehead atoms. The topological polar surface area (TPSA) is 41.1 Å². The van der Waals surface area contributed by atoms with Gasteiger partial charge in [-0.05, 0) is 24.1 Å². The number of anilines is 2. The quantitative estimate of drug-likeness (QED) is 0.912. The molecule has 0 fully saturated rings. The molecule has 0 unspecified atom stereocenters. The number of aromatic nitrogens is 2. The van der Waals surface area contributed by atoms with Crippen molar-refractivity contribution >= 4 is 11.6 Å². The molecule has 0 aliphatic rings. The van der Waals surface area contributed by atoms with Crippen LogP contribution in [-0.4, -0.2) is 30.6 Å². The molecule has 2 aromatic heterocycles. The number of nitrogens with one attached hydrogen (secondary N) is 1. The molecule has 0 aliphatic carbocycles.